The molecule has 28 heavy (non-hydrogen) atoms. The highest BCUT2D eigenvalue weighted by Crippen LogP contribution is 2.45. The average Bonchev–Trinajstić information content (AvgIpc) is 2.98. The summed E-state index contributed by atoms with van der Waals surface area (Å²) in [5, 5.41) is 1.93. The summed E-state index contributed by atoms with van der Waals surface area (Å²) in [5.41, 5.74) is 6.48. The molecule has 1 fully saturated rings. The zero-order chi connectivity index (χ0) is 20.0. The standard InChI is InChI=1S/C21H30N4O2S/c1-5-24(6-2)21(26)22-25-17-11-7-9-15-14-10-8-12-23(3)18(14)13-16(19(15)17)20(25)28(4)27/h7,9,11,14,18H,5-6,8,10,12-13H2,1-4H3,(H,22,26)/t14-,18-,28?/m1/s1. The van der Waals surface area contributed by atoms with Crippen LogP contribution < -0.4 is 5.43 Å². The Balaban J connectivity index is 1.89. The fourth-order valence-corrected chi connectivity index (χ4v) is 6.04. The number of carbonyl (C=O) groups is 1. The summed E-state index contributed by atoms with van der Waals surface area (Å²) in [5.74, 6) is 0.502. The Labute approximate surface area is 169 Å². The van der Waals surface area contributed by atoms with Gasteiger partial charge in [0.1, 0.15) is 5.03 Å². The summed E-state index contributed by atoms with van der Waals surface area (Å²) in [6.07, 6.45) is 4.99. The number of hydrogen-bond acceptors (Lipinski definition) is 3. The van der Waals surface area contributed by atoms with Crippen LogP contribution in [-0.2, 0) is 17.2 Å². The van der Waals surface area contributed by atoms with Crippen LogP contribution in [-0.4, -0.2) is 63.7 Å². The number of likely N-dealkylation sites (tertiary alicyclic amines) is 1. The molecule has 2 heterocycles. The summed E-state index contributed by atoms with van der Waals surface area (Å²) in [6.45, 7) is 6.32. The van der Waals surface area contributed by atoms with Crippen molar-refractivity contribution >= 4 is 27.7 Å². The predicted octanol–water partition coefficient (Wildman–Crippen LogP) is 3.12. The molecule has 1 unspecified atom stereocenters. The number of nitrogens with one attached hydrogen (secondary N) is 1. The van der Waals surface area contributed by atoms with Crippen molar-refractivity contribution in [3.05, 3.63) is 29.3 Å². The van der Waals surface area contributed by atoms with Crippen LogP contribution in [0.2, 0.25) is 0 Å². The molecule has 7 heteroatoms. The van der Waals surface area contributed by atoms with Crippen molar-refractivity contribution in [2.45, 2.75) is 50.1 Å². The van der Waals surface area contributed by atoms with Gasteiger partial charge in [0, 0.05) is 36.7 Å². The lowest BCUT2D eigenvalue weighted by Gasteiger charge is -2.42. The minimum absolute atomic E-state index is 0.153. The van der Waals surface area contributed by atoms with Gasteiger partial charge >= 0.3 is 6.03 Å². The average molecular weight is 403 g/mol. The summed E-state index contributed by atoms with van der Waals surface area (Å²) in [6, 6.07) is 6.61. The molecule has 0 bridgehead atoms. The van der Waals surface area contributed by atoms with Crippen molar-refractivity contribution in [3.63, 3.8) is 0 Å². The van der Waals surface area contributed by atoms with E-state index in [2.05, 4.69) is 29.5 Å². The van der Waals surface area contributed by atoms with E-state index in [4.69, 9.17) is 0 Å². The second kappa shape index (κ2) is 7.52. The highest BCUT2D eigenvalue weighted by Gasteiger charge is 2.39. The Morgan fingerprint density at radius 3 is 2.75 bits per heavy atom. The topological polar surface area (TPSA) is 57.6 Å². The number of rotatable bonds is 4. The summed E-state index contributed by atoms with van der Waals surface area (Å²) in [7, 11) is 0.993. The monoisotopic (exact) mass is 402 g/mol. The molecule has 1 aliphatic heterocycles. The summed E-state index contributed by atoms with van der Waals surface area (Å²) < 4.78 is 14.6. The molecular formula is C21H30N4O2S. The number of benzene rings is 1. The van der Waals surface area contributed by atoms with Gasteiger partial charge in [0.2, 0.25) is 0 Å². The Bertz CT molecular complexity index is 934. The quantitative estimate of drug-likeness (QED) is 0.855. The van der Waals surface area contributed by atoms with E-state index in [1.165, 1.54) is 23.8 Å². The van der Waals surface area contributed by atoms with E-state index in [-0.39, 0.29) is 6.03 Å². The maximum atomic E-state index is 12.8. The Morgan fingerprint density at radius 1 is 1.32 bits per heavy atom. The van der Waals surface area contributed by atoms with Crippen LogP contribution in [0.4, 0.5) is 4.79 Å². The van der Waals surface area contributed by atoms with Crippen molar-refractivity contribution < 1.29 is 9.00 Å². The Morgan fingerprint density at radius 2 is 2.07 bits per heavy atom. The second-order valence-corrected chi connectivity index (χ2v) is 9.20. The van der Waals surface area contributed by atoms with Crippen LogP contribution in [0.5, 0.6) is 0 Å². The molecule has 1 aromatic heterocycles. The van der Waals surface area contributed by atoms with Gasteiger partial charge in [0.25, 0.3) is 0 Å². The molecule has 3 atom stereocenters. The number of amides is 2. The molecule has 1 aromatic carbocycles. The smallest absolute Gasteiger partial charge is 0.324 e. The van der Waals surface area contributed by atoms with Gasteiger partial charge in [-0.05, 0) is 63.9 Å². The van der Waals surface area contributed by atoms with Gasteiger partial charge < -0.3 is 9.80 Å². The lowest BCUT2D eigenvalue weighted by Crippen LogP contribution is -2.44. The van der Waals surface area contributed by atoms with Gasteiger partial charge in [0.15, 0.2) is 0 Å². The maximum absolute atomic E-state index is 12.8. The van der Waals surface area contributed by atoms with Gasteiger partial charge in [-0.3, -0.25) is 4.21 Å². The molecule has 152 valence electrons. The molecule has 2 amide bonds. The fourth-order valence-electron chi connectivity index (χ4n) is 5.11. The molecule has 0 saturated carbocycles. The van der Waals surface area contributed by atoms with E-state index < -0.39 is 10.8 Å². The van der Waals surface area contributed by atoms with Gasteiger partial charge in [-0.2, -0.15) is 0 Å². The van der Waals surface area contributed by atoms with Crippen molar-refractivity contribution in [1.82, 2.24) is 14.5 Å². The van der Waals surface area contributed by atoms with Gasteiger partial charge in [-0.15, -0.1) is 0 Å². The highest BCUT2D eigenvalue weighted by molar-refractivity contribution is 7.84. The van der Waals surface area contributed by atoms with Crippen molar-refractivity contribution in [2.75, 3.05) is 38.4 Å². The first-order valence-electron chi connectivity index (χ1n) is 10.2. The maximum Gasteiger partial charge on any atom is 0.336 e. The van der Waals surface area contributed by atoms with E-state index in [1.54, 1.807) is 15.8 Å². The molecule has 2 aliphatic rings. The first-order chi connectivity index (χ1) is 13.5. The molecule has 1 aliphatic carbocycles. The van der Waals surface area contributed by atoms with Gasteiger partial charge in [-0.1, -0.05) is 12.1 Å². The lowest BCUT2D eigenvalue weighted by atomic mass is 9.75. The summed E-state index contributed by atoms with van der Waals surface area (Å²) >= 11 is 0. The number of likely N-dealkylation sites (N-methyl/N-ethyl adjacent to an activating group) is 1. The third-order valence-electron chi connectivity index (χ3n) is 6.48. The zero-order valence-corrected chi connectivity index (χ0v) is 18.0. The van der Waals surface area contributed by atoms with E-state index >= 15 is 0 Å². The Hall–Kier alpha value is -1.86. The Kier molecular flexibility index (Phi) is 5.22. The third-order valence-corrected chi connectivity index (χ3v) is 7.45. The van der Waals surface area contributed by atoms with E-state index in [0.29, 0.717) is 25.0 Å². The SMILES string of the molecule is CCN(CC)C(=O)Nn1c(S(C)=O)c2c3c(cccc31)[C@H]1CCCN(C)[C@@H]1C2. The molecule has 6 nitrogen and oxygen atoms in total. The molecular weight excluding hydrogens is 372 g/mol. The number of piperidine rings is 1. The fraction of sp³-hybridized carbons (Fsp3) is 0.571. The van der Waals surface area contributed by atoms with Crippen LogP contribution in [0.25, 0.3) is 10.9 Å². The number of nitrogens with zero attached hydrogens (tertiary/aromatic N) is 3. The third kappa shape index (κ3) is 2.95. The van der Waals surface area contributed by atoms with Gasteiger partial charge in [-0.25, -0.2) is 14.9 Å². The van der Waals surface area contributed by atoms with E-state index in [0.717, 1.165) is 29.1 Å². The minimum Gasteiger partial charge on any atom is -0.324 e. The highest BCUT2D eigenvalue weighted by atomic mass is 32.2. The minimum atomic E-state index is -1.20. The molecule has 4 rings (SSSR count). The normalized spacial score (nSPS) is 22.7. The van der Waals surface area contributed by atoms with Crippen molar-refractivity contribution in [1.29, 1.82) is 0 Å². The molecule has 0 spiro atoms. The molecule has 2 aromatic rings. The molecule has 1 N–H and O–H groups in total. The molecule has 0 radical (unpaired) electrons. The second-order valence-electron chi connectivity index (χ2n) is 7.90. The van der Waals surface area contributed by atoms with Crippen LogP contribution in [0.3, 0.4) is 0 Å². The van der Waals surface area contributed by atoms with Crippen LogP contribution in [0.15, 0.2) is 23.2 Å². The number of fused-ring (bicyclic) bond motifs is 2. The van der Waals surface area contributed by atoms with Crippen LogP contribution in [0, 0.1) is 0 Å². The molecule has 1 saturated heterocycles. The predicted molar refractivity (Wildman–Crippen MR) is 114 cm³/mol. The zero-order valence-electron chi connectivity index (χ0n) is 17.2. The van der Waals surface area contributed by atoms with Crippen molar-refractivity contribution in [3.8, 4) is 0 Å². The van der Waals surface area contributed by atoms with Crippen molar-refractivity contribution in [2.24, 2.45) is 0 Å². The van der Waals surface area contributed by atoms with Gasteiger partial charge in [0.05, 0.1) is 16.3 Å². The number of carbonyl (C=O) groups excluding carboxylic acids is 1. The van der Waals surface area contributed by atoms with E-state index in [1.807, 2.05) is 19.9 Å². The first kappa shape index (κ1) is 19.5. The van der Waals surface area contributed by atoms with Crippen LogP contribution >= 0.6 is 0 Å². The van der Waals surface area contributed by atoms with E-state index in [9.17, 15) is 9.00 Å². The largest absolute Gasteiger partial charge is 0.336 e. The lowest BCUT2D eigenvalue weighted by molar-refractivity contribution is 0.156. The number of urea groups is 1. The number of aromatic nitrogens is 1. The number of hydrogen-bond donors (Lipinski definition) is 1. The first-order valence-corrected chi connectivity index (χ1v) is 11.8. The summed E-state index contributed by atoms with van der Waals surface area (Å²) in [4.78, 5) is 17.0. The van der Waals surface area contributed by atoms with Crippen LogP contribution in [0.1, 0.15) is 43.7 Å².